The van der Waals surface area contributed by atoms with Crippen LogP contribution >= 0.6 is 0 Å². The minimum atomic E-state index is 0.365. The Balaban J connectivity index is 0.000000191. The van der Waals surface area contributed by atoms with Gasteiger partial charge in [0.05, 0.1) is 0 Å². The number of carbonyl (C=O) groups excluding carboxylic acids is 1. The number of likely N-dealkylation sites (tertiary alicyclic amines) is 1. The topological polar surface area (TPSA) is 41.6 Å². The number of ether oxygens (including phenoxy) is 1. The molecule has 0 radical (unpaired) electrons. The van der Waals surface area contributed by atoms with Crippen molar-refractivity contribution in [1.29, 1.82) is 0 Å². The second-order valence-electron chi connectivity index (χ2n) is 4.76. The molecule has 0 spiro atoms. The van der Waals surface area contributed by atoms with Crippen molar-refractivity contribution in [3.8, 4) is 0 Å². The lowest BCUT2D eigenvalue weighted by atomic mass is 10.1. The van der Waals surface area contributed by atoms with Crippen molar-refractivity contribution in [2.24, 2.45) is 0 Å². The Labute approximate surface area is 115 Å². The summed E-state index contributed by atoms with van der Waals surface area (Å²) < 4.78 is 4.54. The molecule has 1 aliphatic rings. The summed E-state index contributed by atoms with van der Waals surface area (Å²) in [6.45, 7) is 3.33. The first-order valence-electron chi connectivity index (χ1n) is 6.71. The van der Waals surface area contributed by atoms with E-state index >= 15 is 0 Å². The van der Waals surface area contributed by atoms with E-state index in [0.29, 0.717) is 13.1 Å². The summed E-state index contributed by atoms with van der Waals surface area (Å²) in [4.78, 5) is 12.1. The molecule has 0 saturated carbocycles. The maximum atomic E-state index is 9.76. The van der Waals surface area contributed by atoms with Crippen LogP contribution in [-0.2, 0) is 16.1 Å². The van der Waals surface area contributed by atoms with Crippen molar-refractivity contribution in [3.05, 3.63) is 35.9 Å². The zero-order chi connectivity index (χ0) is 13.9. The molecule has 4 nitrogen and oxygen atoms in total. The zero-order valence-electron chi connectivity index (χ0n) is 11.8. The molecule has 0 unspecified atom stereocenters. The van der Waals surface area contributed by atoms with Crippen molar-refractivity contribution in [3.63, 3.8) is 0 Å². The predicted octanol–water partition coefficient (Wildman–Crippen LogP) is 1.66. The van der Waals surface area contributed by atoms with Crippen LogP contribution in [0.2, 0.25) is 0 Å². The molecule has 2 rings (SSSR count). The van der Waals surface area contributed by atoms with E-state index in [1.807, 2.05) is 30.3 Å². The SMILES string of the molecule is CNC1CCN(C)CC1.O=COCc1ccccc1. The third-order valence-corrected chi connectivity index (χ3v) is 3.29. The smallest absolute Gasteiger partial charge is 0.293 e. The number of hydrogen-bond donors (Lipinski definition) is 1. The van der Waals surface area contributed by atoms with Crippen LogP contribution in [0.15, 0.2) is 30.3 Å². The van der Waals surface area contributed by atoms with Gasteiger partial charge in [0, 0.05) is 6.04 Å². The molecule has 0 aromatic heterocycles. The molecular weight excluding hydrogens is 240 g/mol. The normalized spacial score (nSPS) is 16.3. The van der Waals surface area contributed by atoms with Crippen molar-refractivity contribution < 1.29 is 9.53 Å². The van der Waals surface area contributed by atoms with E-state index in [2.05, 4.69) is 29.0 Å². The van der Waals surface area contributed by atoms with E-state index < -0.39 is 0 Å². The van der Waals surface area contributed by atoms with E-state index in [-0.39, 0.29) is 0 Å². The number of rotatable bonds is 4. The minimum absolute atomic E-state index is 0.365. The summed E-state index contributed by atoms with van der Waals surface area (Å²) >= 11 is 0. The summed E-state index contributed by atoms with van der Waals surface area (Å²) in [5.74, 6) is 0. The van der Waals surface area contributed by atoms with Crippen LogP contribution in [0, 0.1) is 0 Å². The van der Waals surface area contributed by atoms with Crippen molar-refractivity contribution in [2.45, 2.75) is 25.5 Å². The quantitative estimate of drug-likeness (QED) is 0.840. The van der Waals surface area contributed by atoms with Crippen molar-refractivity contribution in [2.75, 3.05) is 27.2 Å². The molecule has 1 aliphatic heterocycles. The van der Waals surface area contributed by atoms with E-state index in [1.165, 1.54) is 25.9 Å². The summed E-state index contributed by atoms with van der Waals surface area (Å²) in [6.07, 6.45) is 2.62. The Hall–Kier alpha value is -1.39. The molecule has 19 heavy (non-hydrogen) atoms. The largest absolute Gasteiger partial charge is 0.463 e. The fourth-order valence-corrected chi connectivity index (χ4v) is 2.00. The summed E-state index contributed by atoms with van der Waals surface area (Å²) in [5.41, 5.74) is 1.01. The Bertz CT molecular complexity index is 335. The van der Waals surface area contributed by atoms with Crippen LogP contribution in [0.5, 0.6) is 0 Å². The molecule has 106 valence electrons. The third-order valence-electron chi connectivity index (χ3n) is 3.29. The summed E-state index contributed by atoms with van der Waals surface area (Å²) in [5, 5.41) is 3.30. The van der Waals surface area contributed by atoms with Gasteiger partial charge in [0.1, 0.15) is 6.61 Å². The fourth-order valence-electron chi connectivity index (χ4n) is 2.00. The highest BCUT2D eigenvalue weighted by Crippen LogP contribution is 2.06. The Morgan fingerprint density at radius 3 is 2.47 bits per heavy atom. The molecule has 4 heteroatoms. The molecule has 1 saturated heterocycles. The zero-order valence-corrected chi connectivity index (χ0v) is 11.8. The third kappa shape index (κ3) is 6.94. The van der Waals surface area contributed by atoms with Gasteiger partial charge in [-0.25, -0.2) is 0 Å². The summed E-state index contributed by atoms with van der Waals surface area (Å²) in [6, 6.07) is 10.3. The van der Waals surface area contributed by atoms with Crippen LogP contribution in [0.3, 0.4) is 0 Å². The number of nitrogens with one attached hydrogen (secondary N) is 1. The first-order chi connectivity index (χ1) is 9.26. The van der Waals surface area contributed by atoms with Crippen LogP contribution in [-0.4, -0.2) is 44.6 Å². The molecule has 1 N–H and O–H groups in total. The van der Waals surface area contributed by atoms with Gasteiger partial charge in [-0.1, -0.05) is 30.3 Å². The van der Waals surface area contributed by atoms with Crippen LogP contribution in [0.25, 0.3) is 0 Å². The Morgan fingerprint density at radius 1 is 1.32 bits per heavy atom. The molecule has 0 aliphatic carbocycles. The highest BCUT2D eigenvalue weighted by molar-refractivity contribution is 5.37. The number of nitrogens with zero attached hydrogens (tertiary/aromatic N) is 1. The minimum Gasteiger partial charge on any atom is -0.463 e. The molecule has 0 atom stereocenters. The highest BCUT2D eigenvalue weighted by Gasteiger charge is 2.13. The lowest BCUT2D eigenvalue weighted by molar-refractivity contribution is -0.129. The summed E-state index contributed by atoms with van der Waals surface area (Å²) in [7, 11) is 4.24. The van der Waals surface area contributed by atoms with E-state index in [0.717, 1.165) is 11.6 Å². The second-order valence-corrected chi connectivity index (χ2v) is 4.76. The number of benzene rings is 1. The molecule has 1 fully saturated rings. The van der Waals surface area contributed by atoms with E-state index in [9.17, 15) is 4.79 Å². The first-order valence-corrected chi connectivity index (χ1v) is 6.71. The molecule has 0 bridgehead atoms. The lowest BCUT2D eigenvalue weighted by Crippen LogP contribution is -2.39. The van der Waals surface area contributed by atoms with Gasteiger partial charge >= 0.3 is 0 Å². The Morgan fingerprint density at radius 2 is 1.95 bits per heavy atom. The maximum absolute atomic E-state index is 9.76. The van der Waals surface area contributed by atoms with Gasteiger partial charge in [-0.3, -0.25) is 4.79 Å². The average Bonchev–Trinajstić information content (AvgIpc) is 2.48. The van der Waals surface area contributed by atoms with Crippen LogP contribution in [0.1, 0.15) is 18.4 Å². The lowest BCUT2D eigenvalue weighted by Gasteiger charge is -2.28. The van der Waals surface area contributed by atoms with Gasteiger partial charge in [-0.15, -0.1) is 0 Å². The monoisotopic (exact) mass is 264 g/mol. The van der Waals surface area contributed by atoms with Gasteiger partial charge in [0.2, 0.25) is 0 Å². The van der Waals surface area contributed by atoms with Crippen molar-refractivity contribution in [1.82, 2.24) is 10.2 Å². The van der Waals surface area contributed by atoms with E-state index in [1.54, 1.807) is 0 Å². The number of carbonyl (C=O) groups is 1. The van der Waals surface area contributed by atoms with E-state index in [4.69, 9.17) is 0 Å². The maximum Gasteiger partial charge on any atom is 0.293 e. The van der Waals surface area contributed by atoms with Gasteiger partial charge in [0.25, 0.3) is 6.47 Å². The molecule has 1 heterocycles. The Kier molecular flexibility index (Phi) is 7.86. The van der Waals surface area contributed by atoms with Gasteiger partial charge in [-0.05, 0) is 45.6 Å². The average molecular weight is 264 g/mol. The van der Waals surface area contributed by atoms with Crippen LogP contribution < -0.4 is 5.32 Å². The van der Waals surface area contributed by atoms with Gasteiger partial charge in [0.15, 0.2) is 0 Å². The predicted molar refractivity (Wildman–Crippen MR) is 76.9 cm³/mol. The second kappa shape index (κ2) is 9.53. The van der Waals surface area contributed by atoms with Crippen molar-refractivity contribution >= 4 is 6.47 Å². The molecule has 0 amide bonds. The number of piperidine rings is 1. The van der Waals surface area contributed by atoms with Gasteiger partial charge in [-0.2, -0.15) is 0 Å². The van der Waals surface area contributed by atoms with Gasteiger partial charge < -0.3 is 15.0 Å². The van der Waals surface area contributed by atoms with Crippen LogP contribution in [0.4, 0.5) is 0 Å². The fraction of sp³-hybridized carbons (Fsp3) is 0.533. The number of hydrogen-bond acceptors (Lipinski definition) is 4. The standard InChI is InChI=1S/C8H8O2.C7H16N2/c9-7-10-6-8-4-2-1-3-5-8;1-8-7-3-5-9(2)6-4-7/h1-5,7H,6H2;7-8H,3-6H2,1-2H3. The molecule has 1 aromatic rings. The highest BCUT2D eigenvalue weighted by atomic mass is 16.5. The molecule has 1 aromatic carbocycles. The molecular formula is C15H24N2O2. The first kappa shape index (κ1) is 15.7.